The standard InChI is InChI=1S/C12H12N2O2S2/c15-11(16)10-5-13-12(18-10)14(9-1-2-9)6-8-3-4-17-7-8/h3-5,7,9H,1-2,6H2,(H,15,16). The highest BCUT2D eigenvalue weighted by molar-refractivity contribution is 7.17. The Morgan fingerprint density at radius 3 is 2.94 bits per heavy atom. The van der Waals surface area contributed by atoms with E-state index < -0.39 is 5.97 Å². The number of hydrogen-bond acceptors (Lipinski definition) is 5. The van der Waals surface area contributed by atoms with E-state index in [-0.39, 0.29) is 0 Å². The minimum atomic E-state index is -0.898. The first-order valence-electron chi connectivity index (χ1n) is 5.71. The number of rotatable bonds is 5. The molecule has 94 valence electrons. The van der Waals surface area contributed by atoms with Gasteiger partial charge in [-0.05, 0) is 35.2 Å². The van der Waals surface area contributed by atoms with Crippen LogP contribution in [0.25, 0.3) is 0 Å². The summed E-state index contributed by atoms with van der Waals surface area (Å²) in [6.07, 6.45) is 3.80. The molecule has 2 aromatic rings. The van der Waals surface area contributed by atoms with Crippen LogP contribution >= 0.6 is 22.7 Å². The number of aromatic carboxylic acids is 1. The number of carboxylic acids is 1. The van der Waals surface area contributed by atoms with Crippen LogP contribution in [-0.4, -0.2) is 22.1 Å². The maximum atomic E-state index is 10.9. The van der Waals surface area contributed by atoms with Crippen LogP contribution in [0.2, 0.25) is 0 Å². The van der Waals surface area contributed by atoms with Gasteiger partial charge in [-0.15, -0.1) is 0 Å². The van der Waals surface area contributed by atoms with Crippen LogP contribution in [0.5, 0.6) is 0 Å². The molecule has 1 aliphatic carbocycles. The smallest absolute Gasteiger partial charge is 0.347 e. The van der Waals surface area contributed by atoms with Gasteiger partial charge in [-0.3, -0.25) is 0 Å². The van der Waals surface area contributed by atoms with Crippen LogP contribution in [0.15, 0.2) is 23.0 Å². The van der Waals surface area contributed by atoms with Crippen molar-refractivity contribution in [2.45, 2.75) is 25.4 Å². The third kappa shape index (κ3) is 2.39. The predicted molar refractivity (Wildman–Crippen MR) is 72.6 cm³/mol. The second-order valence-corrected chi connectivity index (χ2v) is 6.09. The Morgan fingerprint density at radius 1 is 1.56 bits per heavy atom. The first-order chi connectivity index (χ1) is 8.74. The van der Waals surface area contributed by atoms with E-state index in [4.69, 9.17) is 5.11 Å². The molecule has 0 saturated heterocycles. The fourth-order valence-electron chi connectivity index (χ4n) is 1.81. The molecule has 0 bridgehead atoms. The van der Waals surface area contributed by atoms with Crippen LogP contribution in [-0.2, 0) is 6.54 Å². The van der Waals surface area contributed by atoms with Crippen molar-refractivity contribution in [3.8, 4) is 0 Å². The molecule has 6 heteroatoms. The number of thiophene rings is 1. The minimum absolute atomic E-state index is 0.306. The van der Waals surface area contributed by atoms with Gasteiger partial charge in [0.15, 0.2) is 5.13 Å². The Balaban J connectivity index is 1.82. The van der Waals surface area contributed by atoms with Crippen molar-refractivity contribution in [1.29, 1.82) is 0 Å². The van der Waals surface area contributed by atoms with Gasteiger partial charge in [0, 0.05) is 12.6 Å². The first kappa shape index (κ1) is 11.7. The fourth-order valence-corrected chi connectivity index (χ4v) is 3.30. The van der Waals surface area contributed by atoms with E-state index in [0.29, 0.717) is 10.9 Å². The molecule has 0 unspecified atom stereocenters. The van der Waals surface area contributed by atoms with Crippen molar-refractivity contribution >= 4 is 33.8 Å². The largest absolute Gasteiger partial charge is 0.477 e. The molecule has 0 atom stereocenters. The van der Waals surface area contributed by atoms with Gasteiger partial charge in [0.25, 0.3) is 0 Å². The summed E-state index contributed by atoms with van der Waals surface area (Å²) in [5, 5.41) is 14.0. The Morgan fingerprint density at radius 2 is 2.39 bits per heavy atom. The summed E-state index contributed by atoms with van der Waals surface area (Å²) in [6, 6.07) is 2.63. The number of nitrogens with zero attached hydrogens (tertiary/aromatic N) is 2. The maximum Gasteiger partial charge on any atom is 0.347 e. The van der Waals surface area contributed by atoms with E-state index in [1.807, 2.05) is 0 Å². The molecule has 3 rings (SSSR count). The van der Waals surface area contributed by atoms with Crippen molar-refractivity contribution in [2.24, 2.45) is 0 Å². The van der Waals surface area contributed by atoms with Crippen LogP contribution in [0.4, 0.5) is 5.13 Å². The first-order valence-corrected chi connectivity index (χ1v) is 7.47. The molecule has 2 heterocycles. The van der Waals surface area contributed by atoms with E-state index in [9.17, 15) is 4.79 Å². The zero-order valence-electron chi connectivity index (χ0n) is 9.57. The normalized spacial score (nSPS) is 14.7. The molecule has 0 spiro atoms. The molecule has 1 saturated carbocycles. The van der Waals surface area contributed by atoms with Gasteiger partial charge in [0.2, 0.25) is 0 Å². The number of anilines is 1. The number of carbonyl (C=O) groups is 1. The quantitative estimate of drug-likeness (QED) is 0.914. The topological polar surface area (TPSA) is 53.4 Å². The molecule has 1 aliphatic rings. The molecule has 0 aliphatic heterocycles. The van der Waals surface area contributed by atoms with E-state index in [0.717, 1.165) is 11.7 Å². The maximum absolute atomic E-state index is 10.9. The number of carboxylic acid groups (broad SMARTS) is 1. The van der Waals surface area contributed by atoms with E-state index in [2.05, 4.69) is 26.7 Å². The highest BCUT2D eigenvalue weighted by Crippen LogP contribution is 2.35. The summed E-state index contributed by atoms with van der Waals surface area (Å²) in [7, 11) is 0. The third-order valence-corrected chi connectivity index (χ3v) is 4.63. The average molecular weight is 280 g/mol. The van der Waals surface area contributed by atoms with Crippen LogP contribution < -0.4 is 4.90 Å². The Hall–Kier alpha value is -1.40. The molecule has 2 aromatic heterocycles. The number of thiazole rings is 1. The van der Waals surface area contributed by atoms with Crippen molar-refractivity contribution in [1.82, 2.24) is 4.98 Å². The van der Waals surface area contributed by atoms with Crippen molar-refractivity contribution < 1.29 is 9.90 Å². The molecule has 0 aromatic carbocycles. The van der Waals surface area contributed by atoms with Gasteiger partial charge in [-0.2, -0.15) is 11.3 Å². The number of aromatic nitrogens is 1. The van der Waals surface area contributed by atoms with Crippen LogP contribution in [0.1, 0.15) is 28.1 Å². The van der Waals surface area contributed by atoms with Crippen LogP contribution in [0.3, 0.4) is 0 Å². The van der Waals surface area contributed by atoms with E-state index in [1.165, 1.54) is 35.9 Å². The highest BCUT2D eigenvalue weighted by Gasteiger charge is 2.31. The van der Waals surface area contributed by atoms with Gasteiger partial charge in [-0.1, -0.05) is 11.3 Å². The lowest BCUT2D eigenvalue weighted by atomic mass is 10.3. The second kappa shape index (κ2) is 4.70. The van der Waals surface area contributed by atoms with Crippen molar-refractivity contribution in [3.05, 3.63) is 33.5 Å². The highest BCUT2D eigenvalue weighted by atomic mass is 32.1. The SMILES string of the molecule is O=C(O)c1cnc(N(Cc2ccsc2)C2CC2)s1. The Kier molecular flexibility index (Phi) is 3.05. The third-order valence-electron chi connectivity index (χ3n) is 2.87. The monoisotopic (exact) mass is 280 g/mol. The molecule has 18 heavy (non-hydrogen) atoms. The summed E-state index contributed by atoms with van der Waals surface area (Å²) in [4.78, 5) is 17.7. The Bertz CT molecular complexity index is 546. The zero-order chi connectivity index (χ0) is 12.5. The summed E-state index contributed by atoms with van der Waals surface area (Å²) in [5.41, 5.74) is 1.26. The second-order valence-electron chi connectivity index (χ2n) is 4.30. The van der Waals surface area contributed by atoms with Gasteiger partial charge in [-0.25, -0.2) is 9.78 Å². The lowest BCUT2D eigenvalue weighted by molar-refractivity contribution is 0.0702. The molecular weight excluding hydrogens is 268 g/mol. The Labute approximate surface area is 113 Å². The lowest BCUT2D eigenvalue weighted by Crippen LogP contribution is -2.24. The van der Waals surface area contributed by atoms with Gasteiger partial charge in [0.05, 0.1) is 6.20 Å². The van der Waals surface area contributed by atoms with Crippen molar-refractivity contribution in [3.63, 3.8) is 0 Å². The van der Waals surface area contributed by atoms with E-state index in [1.54, 1.807) is 11.3 Å². The van der Waals surface area contributed by atoms with Gasteiger partial charge >= 0.3 is 5.97 Å². The summed E-state index contributed by atoms with van der Waals surface area (Å²) in [6.45, 7) is 0.820. The zero-order valence-corrected chi connectivity index (χ0v) is 11.2. The summed E-state index contributed by atoms with van der Waals surface area (Å²) in [5.74, 6) is -0.898. The van der Waals surface area contributed by atoms with Gasteiger partial charge < -0.3 is 10.0 Å². The summed E-state index contributed by atoms with van der Waals surface area (Å²) < 4.78 is 0. The van der Waals surface area contributed by atoms with E-state index >= 15 is 0 Å². The minimum Gasteiger partial charge on any atom is -0.477 e. The molecule has 1 N–H and O–H groups in total. The molecule has 0 radical (unpaired) electrons. The summed E-state index contributed by atoms with van der Waals surface area (Å²) >= 11 is 2.94. The molecule has 0 amide bonds. The number of hydrogen-bond donors (Lipinski definition) is 1. The average Bonchev–Trinajstić information content (AvgIpc) is 2.88. The van der Waals surface area contributed by atoms with Crippen LogP contribution in [0, 0.1) is 0 Å². The molecule has 1 fully saturated rings. The molecular formula is C12H12N2O2S2. The van der Waals surface area contributed by atoms with Crippen molar-refractivity contribution in [2.75, 3.05) is 4.90 Å². The predicted octanol–water partition coefficient (Wildman–Crippen LogP) is 3.07. The lowest BCUT2D eigenvalue weighted by Gasteiger charge is -2.20. The van der Waals surface area contributed by atoms with Gasteiger partial charge in [0.1, 0.15) is 4.88 Å². The molecule has 4 nitrogen and oxygen atoms in total. The fraction of sp³-hybridized carbons (Fsp3) is 0.333.